The number of carbonyl (C=O) groups excluding carboxylic acids is 1. The van der Waals surface area contributed by atoms with E-state index < -0.39 is 43.4 Å². The standard InChI is InChI=1S/C48H92O9/c1-3-5-7-9-11-13-15-17-19-20-21-22-23-25-27-29-31-33-35-37-44(50)56-42(41-55-48-47(53)46(52)45(51)43(39-49)57-48)40-54-38-36-34-32-30-28-26-24-18-16-14-12-10-8-6-4-2/h16,18,42-43,45-49,51-53H,3-15,17,19-41H2,1-2H3/b18-16-. The Morgan fingerprint density at radius 3 is 1.42 bits per heavy atom. The van der Waals surface area contributed by atoms with E-state index in [0.717, 1.165) is 32.1 Å². The second-order valence-electron chi connectivity index (χ2n) is 16.9. The predicted octanol–water partition coefficient (Wildman–Crippen LogP) is 11.2. The normalized spacial score (nSPS) is 20.4. The SMILES string of the molecule is CCCCCCC/C=C\CCCCCCCCOCC(COC1OC(CO)C(O)C(O)C1O)OC(=O)CCCCCCCCCCCCCCCCCCCCC. The number of ether oxygens (including phenoxy) is 4. The summed E-state index contributed by atoms with van der Waals surface area (Å²) < 4.78 is 22.9. The van der Waals surface area contributed by atoms with E-state index in [0.29, 0.717) is 13.0 Å². The Labute approximate surface area is 350 Å². The summed E-state index contributed by atoms with van der Waals surface area (Å²) in [6.45, 7) is 4.58. The van der Waals surface area contributed by atoms with Crippen molar-refractivity contribution in [1.82, 2.24) is 0 Å². The lowest BCUT2D eigenvalue weighted by molar-refractivity contribution is -0.305. The monoisotopic (exact) mass is 813 g/mol. The molecule has 0 bridgehead atoms. The average molecular weight is 813 g/mol. The largest absolute Gasteiger partial charge is 0.457 e. The molecule has 0 saturated carbocycles. The predicted molar refractivity (Wildman–Crippen MR) is 233 cm³/mol. The van der Waals surface area contributed by atoms with Gasteiger partial charge in [0.1, 0.15) is 30.5 Å². The Kier molecular flexibility index (Phi) is 38.2. The fraction of sp³-hybridized carbons (Fsp3) is 0.938. The smallest absolute Gasteiger partial charge is 0.306 e. The van der Waals surface area contributed by atoms with Gasteiger partial charge in [0, 0.05) is 13.0 Å². The number of unbranched alkanes of at least 4 members (excludes halogenated alkanes) is 29. The number of esters is 1. The van der Waals surface area contributed by atoms with E-state index in [1.165, 1.54) is 173 Å². The fourth-order valence-electron chi connectivity index (χ4n) is 7.61. The minimum atomic E-state index is -1.53. The second kappa shape index (κ2) is 40.3. The van der Waals surface area contributed by atoms with Crippen molar-refractivity contribution >= 4 is 5.97 Å². The summed E-state index contributed by atoms with van der Waals surface area (Å²) >= 11 is 0. The van der Waals surface area contributed by atoms with Crippen molar-refractivity contribution in [3.05, 3.63) is 12.2 Å². The molecule has 6 atom stereocenters. The highest BCUT2D eigenvalue weighted by atomic mass is 16.7. The molecule has 0 spiro atoms. The van der Waals surface area contributed by atoms with Gasteiger partial charge in [-0.2, -0.15) is 0 Å². The van der Waals surface area contributed by atoms with E-state index >= 15 is 0 Å². The Morgan fingerprint density at radius 1 is 0.544 bits per heavy atom. The molecule has 0 amide bonds. The molecule has 1 rings (SSSR count). The summed E-state index contributed by atoms with van der Waals surface area (Å²) in [5.41, 5.74) is 0. The molecular weight excluding hydrogens is 721 g/mol. The molecule has 4 N–H and O–H groups in total. The van der Waals surface area contributed by atoms with Crippen LogP contribution in [0.3, 0.4) is 0 Å². The van der Waals surface area contributed by atoms with E-state index in [-0.39, 0.29) is 19.2 Å². The maximum Gasteiger partial charge on any atom is 0.306 e. The Hall–Kier alpha value is -1.07. The molecule has 0 aliphatic carbocycles. The molecule has 0 radical (unpaired) electrons. The van der Waals surface area contributed by atoms with Gasteiger partial charge in [0.25, 0.3) is 0 Å². The van der Waals surface area contributed by atoms with E-state index in [1.54, 1.807) is 0 Å². The minimum Gasteiger partial charge on any atom is -0.457 e. The number of carbonyl (C=O) groups is 1. The number of aliphatic hydroxyl groups excluding tert-OH is 4. The first-order valence-electron chi connectivity index (χ1n) is 24.3. The number of hydrogen-bond donors (Lipinski definition) is 4. The molecule has 1 aliphatic heterocycles. The van der Waals surface area contributed by atoms with Crippen LogP contribution in [-0.2, 0) is 23.7 Å². The van der Waals surface area contributed by atoms with E-state index in [9.17, 15) is 25.2 Å². The van der Waals surface area contributed by atoms with Gasteiger partial charge >= 0.3 is 5.97 Å². The highest BCUT2D eigenvalue weighted by Gasteiger charge is 2.44. The summed E-state index contributed by atoms with van der Waals surface area (Å²) in [5, 5.41) is 40.2. The zero-order chi connectivity index (χ0) is 41.4. The van der Waals surface area contributed by atoms with Gasteiger partial charge in [0.05, 0.1) is 19.8 Å². The van der Waals surface area contributed by atoms with Crippen LogP contribution < -0.4 is 0 Å². The van der Waals surface area contributed by atoms with Crippen LogP contribution >= 0.6 is 0 Å². The van der Waals surface area contributed by atoms with Gasteiger partial charge in [-0.3, -0.25) is 4.79 Å². The van der Waals surface area contributed by atoms with Crippen molar-refractivity contribution in [2.24, 2.45) is 0 Å². The van der Waals surface area contributed by atoms with Gasteiger partial charge in [-0.15, -0.1) is 0 Å². The van der Waals surface area contributed by atoms with E-state index in [4.69, 9.17) is 18.9 Å². The highest BCUT2D eigenvalue weighted by molar-refractivity contribution is 5.69. The summed E-state index contributed by atoms with van der Waals surface area (Å²) in [7, 11) is 0. The lowest BCUT2D eigenvalue weighted by Gasteiger charge is -2.39. The van der Waals surface area contributed by atoms with Crippen LogP contribution in [0.15, 0.2) is 12.2 Å². The molecule has 0 aromatic carbocycles. The van der Waals surface area contributed by atoms with Crippen molar-refractivity contribution in [1.29, 1.82) is 0 Å². The summed E-state index contributed by atoms with van der Waals surface area (Å²) in [5.74, 6) is -0.310. The molecular formula is C48H92O9. The molecule has 6 unspecified atom stereocenters. The summed E-state index contributed by atoms with van der Waals surface area (Å²) in [6, 6.07) is 0. The third kappa shape index (κ3) is 31.5. The molecule has 1 fully saturated rings. The quantitative estimate of drug-likeness (QED) is 0.0270. The molecule has 1 aliphatic rings. The first kappa shape index (κ1) is 53.9. The van der Waals surface area contributed by atoms with E-state index in [1.807, 2.05) is 0 Å². The molecule has 1 heterocycles. The molecule has 1 saturated heterocycles. The molecule has 9 heteroatoms. The molecule has 338 valence electrons. The maximum absolute atomic E-state index is 12.8. The molecule has 57 heavy (non-hydrogen) atoms. The molecule has 0 aromatic rings. The number of allylic oxidation sites excluding steroid dienone is 2. The highest BCUT2D eigenvalue weighted by Crippen LogP contribution is 2.23. The number of aliphatic hydroxyl groups is 4. The van der Waals surface area contributed by atoms with Crippen molar-refractivity contribution < 1.29 is 44.2 Å². The minimum absolute atomic E-state index is 0.110. The second-order valence-corrected chi connectivity index (χ2v) is 16.9. The van der Waals surface area contributed by atoms with Gasteiger partial charge < -0.3 is 39.4 Å². The van der Waals surface area contributed by atoms with Crippen LogP contribution in [0.2, 0.25) is 0 Å². The van der Waals surface area contributed by atoms with Gasteiger partial charge in [-0.1, -0.05) is 193 Å². The van der Waals surface area contributed by atoms with Crippen LogP contribution in [0.5, 0.6) is 0 Å². The van der Waals surface area contributed by atoms with Gasteiger partial charge in [0.2, 0.25) is 0 Å². The maximum atomic E-state index is 12.8. The first-order chi connectivity index (χ1) is 27.9. The van der Waals surface area contributed by atoms with Crippen LogP contribution in [0.25, 0.3) is 0 Å². The lowest BCUT2D eigenvalue weighted by atomic mass is 9.99. The average Bonchev–Trinajstić information content (AvgIpc) is 3.21. The van der Waals surface area contributed by atoms with Crippen molar-refractivity contribution in [2.45, 2.75) is 263 Å². The summed E-state index contributed by atoms with van der Waals surface area (Å²) in [6.07, 6.45) is 38.1. The van der Waals surface area contributed by atoms with Gasteiger partial charge in [0.15, 0.2) is 6.29 Å². The van der Waals surface area contributed by atoms with E-state index in [2.05, 4.69) is 26.0 Å². The molecule has 0 aromatic heterocycles. The van der Waals surface area contributed by atoms with Crippen LogP contribution in [0.1, 0.15) is 226 Å². The van der Waals surface area contributed by atoms with Crippen molar-refractivity contribution in [2.75, 3.05) is 26.4 Å². The first-order valence-corrected chi connectivity index (χ1v) is 24.3. The van der Waals surface area contributed by atoms with Crippen molar-refractivity contribution in [3.63, 3.8) is 0 Å². The zero-order valence-electron chi connectivity index (χ0n) is 37.1. The zero-order valence-corrected chi connectivity index (χ0v) is 37.1. The third-order valence-electron chi connectivity index (χ3n) is 11.4. The third-order valence-corrected chi connectivity index (χ3v) is 11.4. The van der Waals surface area contributed by atoms with Crippen LogP contribution in [-0.4, -0.2) is 89.6 Å². The number of hydrogen-bond acceptors (Lipinski definition) is 9. The number of rotatable bonds is 42. The van der Waals surface area contributed by atoms with Gasteiger partial charge in [-0.05, 0) is 38.5 Å². The lowest BCUT2D eigenvalue weighted by Crippen LogP contribution is -2.59. The van der Waals surface area contributed by atoms with Crippen LogP contribution in [0.4, 0.5) is 0 Å². The Bertz CT molecular complexity index is 884. The molecule has 9 nitrogen and oxygen atoms in total. The fourth-order valence-corrected chi connectivity index (χ4v) is 7.61. The Morgan fingerprint density at radius 2 is 0.965 bits per heavy atom. The summed E-state index contributed by atoms with van der Waals surface area (Å²) in [4.78, 5) is 12.8. The topological polar surface area (TPSA) is 135 Å². The van der Waals surface area contributed by atoms with Crippen molar-refractivity contribution in [3.8, 4) is 0 Å². The van der Waals surface area contributed by atoms with Crippen LogP contribution in [0, 0.1) is 0 Å². The van der Waals surface area contributed by atoms with Gasteiger partial charge in [-0.25, -0.2) is 0 Å². The Balaban J connectivity index is 2.22.